The number of thiophene rings is 2. The van der Waals surface area contributed by atoms with Crippen molar-refractivity contribution in [1.82, 2.24) is 8.75 Å². The normalized spacial score (nSPS) is 11.5. The van der Waals surface area contributed by atoms with Crippen LogP contribution in [0.2, 0.25) is 0 Å². The van der Waals surface area contributed by atoms with Crippen LogP contribution in [-0.2, 0) is 6.42 Å². The first kappa shape index (κ1) is 27.3. The Kier molecular flexibility index (Phi) is 11.3. The Morgan fingerprint density at radius 1 is 0.806 bits per heavy atom. The minimum atomic E-state index is 0.803. The second-order valence-electron chi connectivity index (χ2n) is 9.69. The van der Waals surface area contributed by atoms with Crippen LogP contribution in [0.15, 0.2) is 35.0 Å². The Hall–Kier alpha value is -1.76. The third kappa shape index (κ3) is 7.39. The van der Waals surface area contributed by atoms with E-state index in [2.05, 4.69) is 57.6 Å². The molecule has 6 heteroatoms. The highest BCUT2D eigenvalue weighted by Crippen LogP contribution is 2.43. The van der Waals surface area contributed by atoms with Crippen LogP contribution >= 0.6 is 34.4 Å². The van der Waals surface area contributed by atoms with E-state index in [9.17, 15) is 0 Å². The molecule has 0 bridgehead atoms. The van der Waals surface area contributed by atoms with Gasteiger partial charge in [0.2, 0.25) is 0 Å². The summed E-state index contributed by atoms with van der Waals surface area (Å²) in [6.07, 6.45) is 16.7. The molecule has 3 nitrogen and oxygen atoms in total. The lowest BCUT2D eigenvalue weighted by molar-refractivity contribution is 0.303. The van der Waals surface area contributed by atoms with E-state index in [-0.39, 0.29) is 0 Å². The predicted octanol–water partition coefficient (Wildman–Crippen LogP) is 10.8. The number of hydrogen-bond acceptors (Lipinski definition) is 6. The molecule has 0 saturated carbocycles. The number of aromatic nitrogens is 2. The molecule has 0 N–H and O–H groups in total. The van der Waals surface area contributed by atoms with E-state index in [4.69, 9.17) is 4.74 Å². The number of aryl methyl sites for hydroxylation is 1. The lowest BCUT2D eigenvalue weighted by Crippen LogP contribution is -2.00. The number of rotatable bonds is 17. The van der Waals surface area contributed by atoms with E-state index in [1.165, 1.54) is 109 Å². The highest BCUT2D eigenvalue weighted by molar-refractivity contribution is 7.14. The molecule has 0 aliphatic carbocycles. The van der Waals surface area contributed by atoms with Gasteiger partial charge in [0, 0.05) is 16.0 Å². The molecular weight excluding hydrogens is 501 g/mol. The fraction of sp³-hybridized carbons (Fsp3) is 0.533. The van der Waals surface area contributed by atoms with Crippen molar-refractivity contribution in [2.75, 3.05) is 6.61 Å². The van der Waals surface area contributed by atoms with Gasteiger partial charge in [0.15, 0.2) is 0 Å². The molecule has 0 aliphatic heterocycles. The largest absolute Gasteiger partial charge is 0.492 e. The van der Waals surface area contributed by atoms with E-state index in [0.29, 0.717) is 0 Å². The van der Waals surface area contributed by atoms with Gasteiger partial charge in [-0.05, 0) is 53.8 Å². The Balaban J connectivity index is 1.53. The molecule has 0 amide bonds. The molecule has 0 atom stereocenters. The SMILES string of the molecule is CCCCCCCCOc1c(CCCCCCCC)csc1-c1cc(-c2cccs2)c2nsnc2c1. The number of unbranched alkanes of at least 4 members (excludes halogenated alkanes) is 10. The Morgan fingerprint density at radius 3 is 2.31 bits per heavy atom. The summed E-state index contributed by atoms with van der Waals surface area (Å²) in [6, 6.07) is 8.79. The lowest BCUT2D eigenvalue weighted by Gasteiger charge is -2.12. The molecule has 0 fully saturated rings. The van der Waals surface area contributed by atoms with Gasteiger partial charge in [0.25, 0.3) is 0 Å². The summed E-state index contributed by atoms with van der Waals surface area (Å²) in [4.78, 5) is 2.49. The molecule has 0 saturated heterocycles. The van der Waals surface area contributed by atoms with Gasteiger partial charge in [-0.15, -0.1) is 22.7 Å². The summed E-state index contributed by atoms with van der Waals surface area (Å²) >= 11 is 4.89. The zero-order chi connectivity index (χ0) is 25.0. The first-order valence-corrected chi connectivity index (χ1v) is 16.3. The zero-order valence-corrected chi connectivity index (χ0v) is 24.3. The van der Waals surface area contributed by atoms with Gasteiger partial charge >= 0.3 is 0 Å². The van der Waals surface area contributed by atoms with Crippen molar-refractivity contribution in [3.63, 3.8) is 0 Å². The van der Waals surface area contributed by atoms with Gasteiger partial charge in [-0.3, -0.25) is 0 Å². The summed E-state index contributed by atoms with van der Waals surface area (Å²) < 4.78 is 15.8. The first-order chi connectivity index (χ1) is 17.8. The van der Waals surface area contributed by atoms with Crippen LogP contribution in [-0.4, -0.2) is 15.4 Å². The van der Waals surface area contributed by atoms with E-state index < -0.39 is 0 Å². The van der Waals surface area contributed by atoms with Crippen molar-refractivity contribution < 1.29 is 4.74 Å². The summed E-state index contributed by atoms with van der Waals surface area (Å²) in [6.45, 7) is 5.36. The molecule has 0 unspecified atom stereocenters. The lowest BCUT2D eigenvalue weighted by atomic mass is 10.0. The summed E-state index contributed by atoms with van der Waals surface area (Å²) in [5, 5.41) is 4.47. The van der Waals surface area contributed by atoms with Crippen molar-refractivity contribution in [3.8, 4) is 26.6 Å². The quantitative estimate of drug-likeness (QED) is 0.125. The fourth-order valence-electron chi connectivity index (χ4n) is 4.71. The third-order valence-electron chi connectivity index (χ3n) is 6.77. The van der Waals surface area contributed by atoms with Crippen molar-refractivity contribution in [3.05, 3.63) is 40.6 Å². The standard InChI is InChI=1S/C30H40N2OS3/c1-3-5-7-9-11-13-16-23-22-35-30(29(23)33-18-14-12-10-8-6-4-2)24-20-25(27-17-15-19-34-27)28-26(21-24)31-36-32-28/h15,17,19-22H,3-14,16,18H2,1-2H3. The van der Waals surface area contributed by atoms with Gasteiger partial charge in [-0.2, -0.15) is 8.75 Å². The second-order valence-corrected chi connectivity index (χ2v) is 12.0. The Bertz CT molecular complexity index is 1160. The number of fused-ring (bicyclic) bond motifs is 1. The van der Waals surface area contributed by atoms with Crippen LogP contribution in [0.25, 0.3) is 31.9 Å². The highest BCUT2D eigenvalue weighted by atomic mass is 32.1. The van der Waals surface area contributed by atoms with Crippen LogP contribution in [0.1, 0.15) is 96.5 Å². The maximum Gasteiger partial charge on any atom is 0.141 e. The topological polar surface area (TPSA) is 35.0 Å². The number of benzene rings is 1. The monoisotopic (exact) mass is 540 g/mol. The number of hydrogen-bond donors (Lipinski definition) is 0. The average Bonchev–Trinajstić information content (AvgIpc) is 3.66. The van der Waals surface area contributed by atoms with Gasteiger partial charge in [-0.25, -0.2) is 0 Å². The Labute approximate surface area is 229 Å². The van der Waals surface area contributed by atoms with E-state index >= 15 is 0 Å². The van der Waals surface area contributed by atoms with Crippen molar-refractivity contribution in [2.45, 2.75) is 97.3 Å². The molecule has 0 spiro atoms. The van der Waals surface area contributed by atoms with Crippen LogP contribution in [0.3, 0.4) is 0 Å². The molecule has 1 aromatic carbocycles. The molecule has 0 aliphatic rings. The molecule has 4 aromatic rings. The molecule has 4 rings (SSSR count). The van der Waals surface area contributed by atoms with Crippen molar-refractivity contribution in [1.29, 1.82) is 0 Å². The van der Waals surface area contributed by atoms with Crippen LogP contribution in [0, 0.1) is 0 Å². The van der Waals surface area contributed by atoms with Gasteiger partial charge in [-0.1, -0.05) is 84.1 Å². The molecular formula is C30H40N2OS3. The average molecular weight is 541 g/mol. The minimum absolute atomic E-state index is 0.803. The maximum absolute atomic E-state index is 6.57. The van der Waals surface area contributed by atoms with E-state index in [0.717, 1.165) is 36.2 Å². The van der Waals surface area contributed by atoms with Gasteiger partial charge in [0.05, 0.1) is 23.2 Å². The zero-order valence-electron chi connectivity index (χ0n) is 21.9. The molecule has 3 aromatic heterocycles. The number of ether oxygens (including phenoxy) is 1. The van der Waals surface area contributed by atoms with E-state index in [1.807, 2.05) is 11.3 Å². The number of nitrogens with zero attached hydrogens (tertiary/aromatic N) is 2. The van der Waals surface area contributed by atoms with Crippen LogP contribution in [0.5, 0.6) is 5.75 Å². The van der Waals surface area contributed by atoms with Crippen molar-refractivity contribution >= 4 is 45.4 Å². The molecule has 194 valence electrons. The smallest absolute Gasteiger partial charge is 0.141 e. The third-order valence-corrected chi connectivity index (χ3v) is 9.28. The van der Waals surface area contributed by atoms with E-state index in [1.54, 1.807) is 11.3 Å². The molecule has 36 heavy (non-hydrogen) atoms. The maximum atomic E-state index is 6.57. The highest BCUT2D eigenvalue weighted by Gasteiger charge is 2.19. The summed E-state index contributed by atoms with van der Waals surface area (Å²) in [5.41, 5.74) is 5.75. The molecule has 0 radical (unpaired) electrons. The predicted molar refractivity (Wildman–Crippen MR) is 160 cm³/mol. The fourth-order valence-corrected chi connectivity index (χ4v) is 7.03. The van der Waals surface area contributed by atoms with Crippen LogP contribution in [0.4, 0.5) is 0 Å². The molecule has 3 heterocycles. The second kappa shape index (κ2) is 14.8. The Morgan fingerprint density at radius 2 is 1.56 bits per heavy atom. The van der Waals surface area contributed by atoms with Gasteiger partial charge < -0.3 is 4.74 Å². The summed E-state index contributed by atoms with van der Waals surface area (Å²) in [5.74, 6) is 1.11. The minimum Gasteiger partial charge on any atom is -0.492 e. The van der Waals surface area contributed by atoms with Crippen molar-refractivity contribution in [2.24, 2.45) is 0 Å². The first-order valence-electron chi connectivity index (χ1n) is 13.9. The van der Waals surface area contributed by atoms with Crippen LogP contribution < -0.4 is 4.74 Å². The van der Waals surface area contributed by atoms with Gasteiger partial charge in [0.1, 0.15) is 16.8 Å². The summed E-state index contributed by atoms with van der Waals surface area (Å²) in [7, 11) is 0.